The van der Waals surface area contributed by atoms with Crippen LogP contribution in [0.1, 0.15) is 32.1 Å². The number of nitrogens with one attached hydrogen (secondary N) is 1. The van der Waals surface area contributed by atoms with Crippen LogP contribution in [0, 0.1) is 5.92 Å². The maximum atomic E-state index is 11.6. The van der Waals surface area contributed by atoms with Crippen LogP contribution in [0.4, 0.5) is 4.79 Å². The van der Waals surface area contributed by atoms with Crippen molar-refractivity contribution in [1.82, 2.24) is 10.2 Å². The van der Waals surface area contributed by atoms with Crippen molar-refractivity contribution >= 4 is 12.0 Å². The molecule has 0 aromatic heterocycles. The molecule has 0 bridgehead atoms. The Labute approximate surface area is 113 Å². The van der Waals surface area contributed by atoms with Crippen molar-refractivity contribution < 1.29 is 19.4 Å². The number of nitrogens with zero attached hydrogens (tertiary/aromatic N) is 1. The molecule has 6 heteroatoms. The number of carbonyl (C=O) groups is 2. The van der Waals surface area contributed by atoms with Gasteiger partial charge >= 0.3 is 12.0 Å². The molecule has 1 saturated carbocycles. The quantitative estimate of drug-likeness (QED) is 0.732. The van der Waals surface area contributed by atoms with Gasteiger partial charge in [-0.3, -0.25) is 4.79 Å². The van der Waals surface area contributed by atoms with E-state index < -0.39 is 11.9 Å². The number of carbonyl (C=O) groups excluding carboxylic acids is 1. The lowest BCUT2D eigenvalue weighted by atomic mass is 9.98. The lowest BCUT2D eigenvalue weighted by Gasteiger charge is -2.36. The summed E-state index contributed by atoms with van der Waals surface area (Å²) in [4.78, 5) is 23.7. The van der Waals surface area contributed by atoms with Crippen LogP contribution in [0.15, 0.2) is 0 Å². The van der Waals surface area contributed by atoms with E-state index in [1.165, 1.54) is 24.2 Å². The van der Waals surface area contributed by atoms with E-state index in [4.69, 9.17) is 9.84 Å². The van der Waals surface area contributed by atoms with Crippen molar-refractivity contribution in [3.05, 3.63) is 0 Å². The lowest BCUT2D eigenvalue weighted by molar-refractivity contribution is -0.146. The van der Waals surface area contributed by atoms with E-state index in [0.29, 0.717) is 32.3 Å². The van der Waals surface area contributed by atoms with Crippen LogP contribution >= 0.6 is 0 Å². The van der Waals surface area contributed by atoms with Gasteiger partial charge in [0.15, 0.2) is 0 Å². The molecule has 2 N–H and O–H groups in total. The predicted molar refractivity (Wildman–Crippen MR) is 68.9 cm³/mol. The van der Waals surface area contributed by atoms with Gasteiger partial charge in [0.25, 0.3) is 0 Å². The first-order valence-electron chi connectivity index (χ1n) is 7.04. The molecule has 2 amide bonds. The maximum Gasteiger partial charge on any atom is 0.317 e. The highest BCUT2D eigenvalue weighted by Crippen LogP contribution is 2.20. The SMILES string of the molecule is O=C(O)C1CN(C(=O)NCCOC2CCCCC2)C1. The number of urea groups is 1. The molecule has 0 atom stereocenters. The number of rotatable bonds is 5. The molecule has 0 unspecified atom stereocenters. The van der Waals surface area contributed by atoms with E-state index in [-0.39, 0.29) is 6.03 Å². The number of carboxylic acid groups (broad SMARTS) is 1. The van der Waals surface area contributed by atoms with Crippen molar-refractivity contribution in [2.75, 3.05) is 26.2 Å². The first-order valence-corrected chi connectivity index (χ1v) is 7.04. The van der Waals surface area contributed by atoms with Gasteiger partial charge in [-0.05, 0) is 12.8 Å². The van der Waals surface area contributed by atoms with Gasteiger partial charge in [0, 0.05) is 19.6 Å². The first-order chi connectivity index (χ1) is 9.16. The third kappa shape index (κ3) is 4.09. The number of likely N-dealkylation sites (tertiary alicyclic amines) is 1. The number of hydrogen-bond acceptors (Lipinski definition) is 3. The van der Waals surface area contributed by atoms with Crippen molar-refractivity contribution in [1.29, 1.82) is 0 Å². The highest BCUT2D eigenvalue weighted by Gasteiger charge is 2.35. The molecule has 6 nitrogen and oxygen atoms in total. The topological polar surface area (TPSA) is 78.9 Å². The Morgan fingerprint density at radius 1 is 1.21 bits per heavy atom. The molecule has 0 radical (unpaired) electrons. The molecule has 1 heterocycles. The van der Waals surface area contributed by atoms with Crippen molar-refractivity contribution in [2.45, 2.75) is 38.2 Å². The molecular formula is C13H22N2O4. The van der Waals surface area contributed by atoms with Crippen LogP contribution < -0.4 is 5.32 Å². The standard InChI is InChI=1S/C13H22N2O4/c16-12(17)10-8-15(9-10)13(18)14-6-7-19-11-4-2-1-3-5-11/h10-11H,1-9H2,(H,14,18)(H,16,17). The van der Waals surface area contributed by atoms with Gasteiger partial charge in [0.2, 0.25) is 0 Å². The van der Waals surface area contributed by atoms with Gasteiger partial charge in [-0.1, -0.05) is 19.3 Å². The second kappa shape index (κ2) is 6.75. The molecule has 2 aliphatic rings. The Hall–Kier alpha value is -1.30. The Balaban J connectivity index is 1.51. The molecule has 108 valence electrons. The fourth-order valence-electron chi connectivity index (χ4n) is 2.53. The maximum absolute atomic E-state index is 11.6. The van der Waals surface area contributed by atoms with Gasteiger partial charge in [-0.2, -0.15) is 0 Å². The summed E-state index contributed by atoms with van der Waals surface area (Å²) >= 11 is 0. The largest absolute Gasteiger partial charge is 0.481 e. The van der Waals surface area contributed by atoms with Gasteiger partial charge in [0.05, 0.1) is 18.6 Å². The van der Waals surface area contributed by atoms with Crippen LogP contribution in [-0.4, -0.2) is 54.4 Å². The van der Waals surface area contributed by atoms with Crippen LogP contribution in [0.3, 0.4) is 0 Å². The molecule has 19 heavy (non-hydrogen) atoms. The summed E-state index contributed by atoms with van der Waals surface area (Å²) < 4.78 is 5.70. The Morgan fingerprint density at radius 3 is 2.53 bits per heavy atom. The van der Waals surface area contributed by atoms with E-state index in [0.717, 1.165) is 12.8 Å². The van der Waals surface area contributed by atoms with Crippen molar-refractivity contribution in [3.63, 3.8) is 0 Å². The second-order valence-corrected chi connectivity index (χ2v) is 5.30. The average molecular weight is 270 g/mol. The summed E-state index contributed by atoms with van der Waals surface area (Å²) in [6, 6.07) is -0.190. The van der Waals surface area contributed by atoms with Crippen LogP contribution in [0.5, 0.6) is 0 Å². The summed E-state index contributed by atoms with van der Waals surface area (Å²) in [6.45, 7) is 1.64. The van der Waals surface area contributed by atoms with E-state index in [1.807, 2.05) is 0 Å². The van der Waals surface area contributed by atoms with E-state index >= 15 is 0 Å². The minimum Gasteiger partial charge on any atom is -0.481 e. The van der Waals surface area contributed by atoms with Gasteiger partial charge in [-0.25, -0.2) is 4.79 Å². The first kappa shape index (κ1) is 14.1. The molecule has 2 fully saturated rings. The fourth-order valence-corrected chi connectivity index (χ4v) is 2.53. The van der Waals surface area contributed by atoms with Crippen LogP contribution in [0.25, 0.3) is 0 Å². The number of aliphatic carboxylic acids is 1. The van der Waals surface area contributed by atoms with Gasteiger partial charge in [0.1, 0.15) is 0 Å². The van der Waals surface area contributed by atoms with Gasteiger partial charge < -0.3 is 20.1 Å². The normalized spacial score (nSPS) is 20.9. The summed E-state index contributed by atoms with van der Waals surface area (Å²) in [7, 11) is 0. The molecule has 1 saturated heterocycles. The van der Waals surface area contributed by atoms with E-state index in [1.54, 1.807) is 0 Å². The smallest absolute Gasteiger partial charge is 0.317 e. The third-order valence-electron chi connectivity index (χ3n) is 3.80. The molecule has 0 aromatic rings. The molecule has 1 aliphatic carbocycles. The zero-order valence-corrected chi connectivity index (χ0v) is 11.1. The zero-order chi connectivity index (χ0) is 13.7. The highest BCUT2D eigenvalue weighted by atomic mass is 16.5. The molecule has 2 rings (SSSR count). The summed E-state index contributed by atoms with van der Waals surface area (Å²) in [5, 5.41) is 11.5. The molecular weight excluding hydrogens is 248 g/mol. The third-order valence-corrected chi connectivity index (χ3v) is 3.80. The number of ether oxygens (including phenoxy) is 1. The number of hydrogen-bond donors (Lipinski definition) is 2. The summed E-state index contributed by atoms with van der Waals surface area (Å²) in [6.07, 6.45) is 6.38. The minimum atomic E-state index is -0.829. The highest BCUT2D eigenvalue weighted by molar-refractivity contribution is 5.79. The average Bonchev–Trinajstić information content (AvgIpc) is 2.33. The summed E-state index contributed by atoms with van der Waals surface area (Å²) in [5.41, 5.74) is 0. The van der Waals surface area contributed by atoms with Crippen molar-refractivity contribution in [2.24, 2.45) is 5.92 Å². The molecule has 1 aliphatic heterocycles. The molecule has 0 aromatic carbocycles. The number of amides is 2. The lowest BCUT2D eigenvalue weighted by Crippen LogP contribution is -2.56. The predicted octanol–water partition coefficient (Wildman–Crippen LogP) is 1.06. The van der Waals surface area contributed by atoms with Crippen LogP contribution in [-0.2, 0) is 9.53 Å². The van der Waals surface area contributed by atoms with Crippen LogP contribution in [0.2, 0.25) is 0 Å². The number of carboxylic acids is 1. The fraction of sp³-hybridized carbons (Fsp3) is 0.846. The Morgan fingerprint density at radius 2 is 1.89 bits per heavy atom. The van der Waals surface area contributed by atoms with Gasteiger partial charge in [-0.15, -0.1) is 0 Å². The van der Waals surface area contributed by atoms with E-state index in [9.17, 15) is 9.59 Å². The van der Waals surface area contributed by atoms with E-state index in [2.05, 4.69) is 5.32 Å². The Kier molecular flexibility index (Phi) is 5.01. The monoisotopic (exact) mass is 270 g/mol. The molecule has 0 spiro atoms. The Bertz CT molecular complexity index is 323. The second-order valence-electron chi connectivity index (χ2n) is 5.30. The minimum absolute atomic E-state index is 0.190. The summed E-state index contributed by atoms with van der Waals surface area (Å²) in [5.74, 6) is -1.23. The van der Waals surface area contributed by atoms with Crippen molar-refractivity contribution in [3.8, 4) is 0 Å². The zero-order valence-electron chi connectivity index (χ0n) is 11.1.